The first kappa shape index (κ1) is 11.1. The lowest BCUT2D eigenvalue weighted by Crippen LogP contribution is -1.98. The first-order chi connectivity index (χ1) is 6.84. The topological polar surface area (TPSA) is 9.23 Å². The molecular weight excluding hydrogens is 172 g/mol. The van der Waals surface area contributed by atoms with Crippen LogP contribution in [-0.4, -0.2) is 6.61 Å². The van der Waals surface area contributed by atoms with Crippen LogP contribution in [0.25, 0.3) is 0 Å². The minimum Gasteiger partial charge on any atom is -0.493 e. The Morgan fingerprint density at radius 3 is 2.86 bits per heavy atom. The van der Waals surface area contributed by atoms with E-state index >= 15 is 0 Å². The first-order valence-corrected chi connectivity index (χ1v) is 5.44. The molecule has 0 N–H and O–H groups in total. The molecule has 77 valence electrons. The Morgan fingerprint density at radius 2 is 2.14 bits per heavy atom. The van der Waals surface area contributed by atoms with Crippen LogP contribution in [-0.2, 0) is 0 Å². The fraction of sp³-hybridized carbons (Fsp3) is 0.538. The van der Waals surface area contributed by atoms with E-state index in [1.165, 1.54) is 24.8 Å². The van der Waals surface area contributed by atoms with Gasteiger partial charge in [0.15, 0.2) is 0 Å². The van der Waals surface area contributed by atoms with Crippen LogP contribution >= 0.6 is 0 Å². The van der Waals surface area contributed by atoms with Gasteiger partial charge in [0.05, 0.1) is 6.61 Å². The predicted molar refractivity (Wildman–Crippen MR) is 59.7 cm³/mol. The van der Waals surface area contributed by atoms with Crippen molar-refractivity contribution < 1.29 is 4.74 Å². The standard InChI is InChI=1S/C13H19O/c1-3-4-5-8-11-14-13-10-7-6-9-12(13)2/h7,9-10H,3-5,8,11H2,1-2H3. The molecule has 0 aliphatic heterocycles. The monoisotopic (exact) mass is 191 g/mol. The molecule has 0 saturated heterocycles. The minimum absolute atomic E-state index is 0.838. The molecule has 0 atom stereocenters. The summed E-state index contributed by atoms with van der Waals surface area (Å²) in [5, 5.41) is 0. The summed E-state index contributed by atoms with van der Waals surface area (Å²) in [6, 6.07) is 8.87. The van der Waals surface area contributed by atoms with E-state index in [1.54, 1.807) is 0 Å². The molecule has 0 bridgehead atoms. The number of aryl methyl sites for hydroxylation is 1. The van der Waals surface area contributed by atoms with Crippen LogP contribution < -0.4 is 4.74 Å². The third-order valence-corrected chi connectivity index (χ3v) is 2.27. The van der Waals surface area contributed by atoms with Gasteiger partial charge in [0.1, 0.15) is 5.75 Å². The first-order valence-electron chi connectivity index (χ1n) is 5.44. The maximum absolute atomic E-state index is 5.66. The summed E-state index contributed by atoms with van der Waals surface area (Å²) in [6.07, 6.45) is 5.02. The number of hydrogen-bond donors (Lipinski definition) is 0. The third kappa shape index (κ3) is 3.82. The summed E-state index contributed by atoms with van der Waals surface area (Å²) in [4.78, 5) is 0. The zero-order chi connectivity index (χ0) is 10.2. The molecule has 0 amide bonds. The summed E-state index contributed by atoms with van der Waals surface area (Å²) in [5.74, 6) is 1.00. The predicted octanol–water partition coefficient (Wildman–Crippen LogP) is 3.75. The Morgan fingerprint density at radius 1 is 1.29 bits per heavy atom. The molecule has 1 rings (SSSR count). The van der Waals surface area contributed by atoms with Crippen LogP contribution in [0.15, 0.2) is 18.2 Å². The zero-order valence-corrected chi connectivity index (χ0v) is 9.18. The molecule has 1 aromatic rings. The Balaban J connectivity index is 2.21. The van der Waals surface area contributed by atoms with Crippen molar-refractivity contribution >= 4 is 0 Å². The van der Waals surface area contributed by atoms with Gasteiger partial charge < -0.3 is 4.74 Å². The van der Waals surface area contributed by atoms with Gasteiger partial charge in [-0.1, -0.05) is 32.3 Å². The summed E-state index contributed by atoms with van der Waals surface area (Å²) >= 11 is 0. The van der Waals surface area contributed by atoms with Crippen molar-refractivity contribution in [2.45, 2.75) is 39.5 Å². The van der Waals surface area contributed by atoms with E-state index in [2.05, 4.69) is 19.9 Å². The van der Waals surface area contributed by atoms with Gasteiger partial charge in [-0.2, -0.15) is 0 Å². The van der Waals surface area contributed by atoms with E-state index in [1.807, 2.05) is 18.2 Å². The van der Waals surface area contributed by atoms with E-state index in [9.17, 15) is 0 Å². The molecule has 1 heteroatoms. The molecule has 0 heterocycles. The second-order valence-electron chi connectivity index (χ2n) is 3.60. The molecule has 0 spiro atoms. The van der Waals surface area contributed by atoms with Gasteiger partial charge in [0, 0.05) is 0 Å². The van der Waals surface area contributed by atoms with Crippen LogP contribution in [0.1, 0.15) is 38.2 Å². The van der Waals surface area contributed by atoms with E-state index in [0.29, 0.717) is 0 Å². The van der Waals surface area contributed by atoms with Gasteiger partial charge in [0.2, 0.25) is 0 Å². The smallest absolute Gasteiger partial charge is 0.122 e. The Kier molecular flexibility index (Phi) is 5.13. The van der Waals surface area contributed by atoms with Crippen molar-refractivity contribution in [3.8, 4) is 5.75 Å². The number of benzene rings is 1. The van der Waals surface area contributed by atoms with E-state index in [0.717, 1.165) is 18.8 Å². The number of rotatable bonds is 6. The van der Waals surface area contributed by atoms with Crippen molar-refractivity contribution in [3.63, 3.8) is 0 Å². The SMILES string of the molecule is CCCCCCOc1cc[c]cc1C. The van der Waals surface area contributed by atoms with Crippen molar-refractivity contribution in [3.05, 3.63) is 29.8 Å². The van der Waals surface area contributed by atoms with Crippen molar-refractivity contribution in [1.29, 1.82) is 0 Å². The van der Waals surface area contributed by atoms with Gasteiger partial charge in [0.25, 0.3) is 0 Å². The van der Waals surface area contributed by atoms with E-state index in [4.69, 9.17) is 4.74 Å². The van der Waals surface area contributed by atoms with E-state index in [-0.39, 0.29) is 0 Å². The van der Waals surface area contributed by atoms with Crippen molar-refractivity contribution in [1.82, 2.24) is 0 Å². The largest absolute Gasteiger partial charge is 0.493 e. The fourth-order valence-electron chi connectivity index (χ4n) is 1.37. The highest BCUT2D eigenvalue weighted by Gasteiger charge is 1.96. The Hall–Kier alpha value is -0.980. The summed E-state index contributed by atoms with van der Waals surface area (Å²) in [6.45, 7) is 5.11. The quantitative estimate of drug-likeness (QED) is 0.622. The highest BCUT2D eigenvalue weighted by molar-refractivity contribution is 5.31. The molecule has 0 aliphatic carbocycles. The maximum atomic E-state index is 5.66. The third-order valence-electron chi connectivity index (χ3n) is 2.27. The van der Waals surface area contributed by atoms with Crippen molar-refractivity contribution in [2.75, 3.05) is 6.61 Å². The lowest BCUT2D eigenvalue weighted by atomic mass is 10.2. The summed E-state index contributed by atoms with van der Waals surface area (Å²) in [5.41, 5.74) is 1.17. The molecule has 0 unspecified atom stereocenters. The van der Waals surface area contributed by atoms with Crippen LogP contribution in [0.5, 0.6) is 5.75 Å². The molecule has 0 aromatic heterocycles. The van der Waals surface area contributed by atoms with Gasteiger partial charge >= 0.3 is 0 Å². The highest BCUT2D eigenvalue weighted by atomic mass is 16.5. The molecule has 0 saturated carbocycles. The lowest BCUT2D eigenvalue weighted by molar-refractivity contribution is 0.303. The highest BCUT2D eigenvalue weighted by Crippen LogP contribution is 2.16. The van der Waals surface area contributed by atoms with Gasteiger partial charge in [-0.25, -0.2) is 0 Å². The molecule has 1 nitrogen and oxygen atoms in total. The normalized spacial score (nSPS) is 10.1. The molecule has 0 fully saturated rings. The van der Waals surface area contributed by atoms with Crippen LogP contribution in [0, 0.1) is 13.0 Å². The maximum Gasteiger partial charge on any atom is 0.122 e. The molecule has 14 heavy (non-hydrogen) atoms. The van der Waals surface area contributed by atoms with Gasteiger partial charge in [-0.3, -0.25) is 0 Å². The van der Waals surface area contributed by atoms with Gasteiger partial charge in [-0.15, -0.1) is 0 Å². The summed E-state index contributed by atoms with van der Waals surface area (Å²) < 4.78 is 5.66. The molecule has 1 radical (unpaired) electrons. The minimum atomic E-state index is 0.838. The van der Waals surface area contributed by atoms with Crippen molar-refractivity contribution in [2.24, 2.45) is 0 Å². The molecular formula is C13H19O. The number of unbranched alkanes of at least 4 members (excludes halogenated alkanes) is 3. The average molecular weight is 191 g/mol. The summed E-state index contributed by atoms with van der Waals surface area (Å²) in [7, 11) is 0. The van der Waals surface area contributed by atoms with E-state index < -0.39 is 0 Å². The lowest BCUT2D eigenvalue weighted by Gasteiger charge is -2.07. The average Bonchev–Trinajstić information content (AvgIpc) is 2.20. The Labute approximate surface area is 87.1 Å². The Bertz CT molecular complexity index is 255. The molecule has 1 aromatic carbocycles. The zero-order valence-electron chi connectivity index (χ0n) is 9.18. The second kappa shape index (κ2) is 6.47. The van der Waals surface area contributed by atoms with Gasteiger partial charge in [-0.05, 0) is 37.1 Å². The van der Waals surface area contributed by atoms with Crippen LogP contribution in [0.4, 0.5) is 0 Å². The second-order valence-corrected chi connectivity index (χ2v) is 3.60. The fourth-order valence-corrected chi connectivity index (χ4v) is 1.37. The number of hydrogen-bond acceptors (Lipinski definition) is 1. The van der Waals surface area contributed by atoms with Crippen LogP contribution in [0.2, 0.25) is 0 Å². The number of ether oxygens (including phenoxy) is 1. The molecule has 0 aliphatic rings. The van der Waals surface area contributed by atoms with Crippen LogP contribution in [0.3, 0.4) is 0 Å².